The Morgan fingerprint density at radius 2 is 2.05 bits per heavy atom. The number of aromatic nitrogens is 1. The van der Waals surface area contributed by atoms with E-state index in [0.29, 0.717) is 6.42 Å². The average Bonchev–Trinajstić information content (AvgIpc) is 2.38. The molecule has 1 rings (SSSR count). The van der Waals surface area contributed by atoms with E-state index in [-0.39, 0.29) is 11.8 Å². The van der Waals surface area contributed by atoms with E-state index < -0.39 is 17.6 Å². The lowest BCUT2D eigenvalue weighted by molar-refractivity contribution is -0.130. The lowest BCUT2D eigenvalue weighted by Gasteiger charge is -2.30. The molecule has 0 saturated carbocycles. The molecular formula is C16H25FN2O. The number of halogens is 1. The molecule has 0 spiro atoms. The summed E-state index contributed by atoms with van der Waals surface area (Å²) in [5.41, 5.74) is 0.154. The van der Waals surface area contributed by atoms with Gasteiger partial charge < -0.3 is 5.32 Å². The summed E-state index contributed by atoms with van der Waals surface area (Å²) in [6.07, 6.45) is 0.919. The minimum Gasteiger partial charge on any atom is -0.345 e. The first-order valence-corrected chi connectivity index (χ1v) is 7.17. The molecule has 2 atom stereocenters. The smallest absolute Gasteiger partial charge is 0.227 e. The van der Waals surface area contributed by atoms with Crippen LogP contribution in [-0.4, -0.2) is 17.1 Å². The van der Waals surface area contributed by atoms with Crippen molar-refractivity contribution in [1.29, 1.82) is 0 Å². The van der Waals surface area contributed by atoms with Gasteiger partial charge >= 0.3 is 0 Å². The molecule has 3 nitrogen and oxygen atoms in total. The zero-order chi connectivity index (χ0) is 15.3. The van der Waals surface area contributed by atoms with Crippen LogP contribution < -0.4 is 5.32 Å². The maximum absolute atomic E-state index is 14.0. The molecule has 1 amide bonds. The van der Waals surface area contributed by atoms with Crippen molar-refractivity contribution in [1.82, 2.24) is 10.3 Å². The molecule has 0 fully saturated rings. The Bertz CT molecular complexity index is 431. The number of hydrogen-bond acceptors (Lipinski definition) is 2. The largest absolute Gasteiger partial charge is 0.345 e. The molecule has 0 bridgehead atoms. The normalized spacial score (nSPS) is 14.9. The third kappa shape index (κ3) is 4.02. The maximum atomic E-state index is 14.0. The predicted molar refractivity (Wildman–Crippen MR) is 78.9 cm³/mol. The van der Waals surface area contributed by atoms with Crippen molar-refractivity contribution in [2.75, 3.05) is 0 Å². The van der Waals surface area contributed by atoms with E-state index in [1.165, 1.54) is 0 Å². The molecule has 0 saturated heterocycles. The third-order valence-corrected chi connectivity index (χ3v) is 3.54. The first-order chi connectivity index (χ1) is 9.29. The molecule has 0 aliphatic carbocycles. The van der Waals surface area contributed by atoms with Crippen LogP contribution in [-0.2, 0) is 10.3 Å². The van der Waals surface area contributed by atoms with Crippen molar-refractivity contribution >= 4 is 5.91 Å². The highest BCUT2D eigenvalue weighted by Gasteiger charge is 2.34. The van der Waals surface area contributed by atoms with Crippen molar-refractivity contribution in [3.05, 3.63) is 30.1 Å². The van der Waals surface area contributed by atoms with Crippen molar-refractivity contribution in [3.63, 3.8) is 0 Å². The van der Waals surface area contributed by atoms with Crippen molar-refractivity contribution in [3.8, 4) is 0 Å². The zero-order valence-electron chi connectivity index (χ0n) is 13.0. The van der Waals surface area contributed by atoms with E-state index in [2.05, 4.69) is 10.3 Å². The van der Waals surface area contributed by atoms with Crippen LogP contribution in [0.1, 0.15) is 46.7 Å². The molecule has 0 unspecified atom stereocenters. The fourth-order valence-corrected chi connectivity index (χ4v) is 2.33. The lowest BCUT2D eigenvalue weighted by Crippen LogP contribution is -2.47. The minimum absolute atomic E-state index is 0.0375. The van der Waals surface area contributed by atoms with E-state index in [4.69, 9.17) is 0 Å². The number of carbonyl (C=O) groups excluding carboxylic acids is 1. The Balaban J connectivity index is 2.87. The number of carbonyl (C=O) groups is 1. The number of pyridine rings is 1. The van der Waals surface area contributed by atoms with Gasteiger partial charge in [-0.1, -0.05) is 26.8 Å². The van der Waals surface area contributed by atoms with Crippen LogP contribution in [0.2, 0.25) is 0 Å². The molecular weight excluding hydrogens is 255 g/mol. The van der Waals surface area contributed by atoms with Gasteiger partial charge in [0.05, 0.1) is 17.2 Å². The van der Waals surface area contributed by atoms with Gasteiger partial charge in [-0.2, -0.15) is 0 Å². The Labute approximate surface area is 121 Å². The minimum atomic E-state index is -1.12. The topological polar surface area (TPSA) is 42.0 Å². The average molecular weight is 280 g/mol. The van der Waals surface area contributed by atoms with Crippen LogP contribution in [0.25, 0.3) is 0 Å². The second-order valence-corrected chi connectivity index (χ2v) is 6.02. The van der Waals surface area contributed by atoms with Gasteiger partial charge in [0, 0.05) is 6.20 Å². The first kappa shape index (κ1) is 16.6. The maximum Gasteiger partial charge on any atom is 0.227 e. The quantitative estimate of drug-likeness (QED) is 0.867. The Kier molecular flexibility index (Phi) is 5.66. The lowest BCUT2D eigenvalue weighted by atomic mass is 9.87. The number of alkyl halides is 1. The summed E-state index contributed by atoms with van der Waals surface area (Å²) in [6, 6.07) is 5.56. The van der Waals surface area contributed by atoms with Gasteiger partial charge in [-0.3, -0.25) is 9.78 Å². The third-order valence-electron chi connectivity index (χ3n) is 3.54. The van der Waals surface area contributed by atoms with Crippen LogP contribution in [0.4, 0.5) is 4.39 Å². The van der Waals surface area contributed by atoms with Crippen LogP contribution >= 0.6 is 0 Å². The molecule has 0 radical (unpaired) electrons. The summed E-state index contributed by atoms with van der Waals surface area (Å²) in [5, 5.41) is 2.93. The Morgan fingerprint density at radius 1 is 1.40 bits per heavy atom. The number of nitrogens with zero attached hydrogens (tertiary/aromatic N) is 1. The highest BCUT2D eigenvalue weighted by Crippen LogP contribution is 2.24. The Hall–Kier alpha value is -1.45. The fraction of sp³-hybridized carbons (Fsp3) is 0.625. The second kappa shape index (κ2) is 6.82. The van der Waals surface area contributed by atoms with E-state index in [9.17, 15) is 9.18 Å². The molecule has 20 heavy (non-hydrogen) atoms. The Morgan fingerprint density at radius 3 is 2.50 bits per heavy atom. The van der Waals surface area contributed by atoms with Crippen LogP contribution in [0.5, 0.6) is 0 Å². The summed E-state index contributed by atoms with van der Waals surface area (Å²) >= 11 is 0. The summed E-state index contributed by atoms with van der Waals surface area (Å²) in [6.45, 7) is 9.27. The number of rotatable bonds is 6. The molecule has 0 aliphatic heterocycles. The standard InChI is InChI=1S/C16H25FN2O/c1-6-12(17)14(11(2)3)15(20)19-16(4,5)13-9-7-8-10-18-13/h7-12,14H,6H2,1-5H3,(H,19,20)/t12-,14-/m0/s1. The number of hydrogen-bond donors (Lipinski definition) is 1. The van der Waals surface area contributed by atoms with Crippen molar-refractivity contribution in [2.45, 2.75) is 52.8 Å². The van der Waals surface area contributed by atoms with Crippen LogP contribution in [0, 0.1) is 11.8 Å². The van der Waals surface area contributed by atoms with E-state index in [0.717, 1.165) is 5.69 Å². The van der Waals surface area contributed by atoms with Gasteiger partial charge in [0.2, 0.25) is 5.91 Å². The summed E-state index contributed by atoms with van der Waals surface area (Å²) in [7, 11) is 0. The molecule has 112 valence electrons. The van der Waals surface area contributed by atoms with Gasteiger partial charge in [-0.25, -0.2) is 4.39 Å². The fourth-order valence-electron chi connectivity index (χ4n) is 2.33. The van der Waals surface area contributed by atoms with Gasteiger partial charge in [-0.05, 0) is 38.3 Å². The summed E-state index contributed by atoms with van der Waals surface area (Å²) < 4.78 is 14.0. The van der Waals surface area contributed by atoms with Gasteiger partial charge in [-0.15, -0.1) is 0 Å². The van der Waals surface area contributed by atoms with Crippen LogP contribution in [0.15, 0.2) is 24.4 Å². The van der Waals surface area contributed by atoms with Gasteiger partial charge in [0.25, 0.3) is 0 Å². The van der Waals surface area contributed by atoms with Crippen molar-refractivity contribution in [2.24, 2.45) is 11.8 Å². The summed E-state index contributed by atoms with van der Waals surface area (Å²) in [5.74, 6) is -0.905. The van der Waals surface area contributed by atoms with Gasteiger partial charge in [0.1, 0.15) is 6.17 Å². The molecule has 4 heteroatoms. The first-order valence-electron chi connectivity index (χ1n) is 7.17. The summed E-state index contributed by atoms with van der Waals surface area (Å²) in [4.78, 5) is 16.7. The van der Waals surface area contributed by atoms with Gasteiger partial charge in [0.15, 0.2) is 0 Å². The molecule has 0 aliphatic rings. The number of nitrogens with one attached hydrogen (secondary N) is 1. The predicted octanol–water partition coefficient (Wildman–Crippen LogP) is 3.45. The van der Waals surface area contributed by atoms with Crippen LogP contribution in [0.3, 0.4) is 0 Å². The van der Waals surface area contributed by atoms with E-state index in [1.54, 1.807) is 13.1 Å². The molecule has 1 heterocycles. The van der Waals surface area contributed by atoms with E-state index in [1.807, 2.05) is 45.9 Å². The highest BCUT2D eigenvalue weighted by molar-refractivity contribution is 5.80. The zero-order valence-corrected chi connectivity index (χ0v) is 13.0. The SMILES string of the molecule is CC[C@H](F)[C@@H](C(=O)NC(C)(C)c1ccccn1)C(C)C. The highest BCUT2D eigenvalue weighted by atomic mass is 19.1. The monoisotopic (exact) mass is 280 g/mol. The van der Waals surface area contributed by atoms with Crippen molar-refractivity contribution < 1.29 is 9.18 Å². The number of amides is 1. The molecule has 1 aromatic heterocycles. The molecule has 1 N–H and O–H groups in total. The molecule has 1 aromatic rings. The van der Waals surface area contributed by atoms with E-state index >= 15 is 0 Å². The second-order valence-electron chi connectivity index (χ2n) is 6.02. The molecule has 0 aromatic carbocycles.